The molecule has 2 aromatic carbocycles. The second-order valence-corrected chi connectivity index (χ2v) is 5.77. The number of hydrogen-bond donors (Lipinski definition) is 3. The standard InChI is InChI=1S/C19H14FN5O/c20-15-3-1-2-4-17(15)23-19(26)18-14-8-11(5-6-16(14)24-25-18)12-7-13(21)10-22-9-12/h1-10H,21H2,(H,23,26)(H,24,25). The highest BCUT2D eigenvalue weighted by Gasteiger charge is 2.16. The minimum absolute atomic E-state index is 0.102. The Labute approximate surface area is 147 Å². The first kappa shape index (κ1) is 15.8. The average Bonchev–Trinajstić information content (AvgIpc) is 3.07. The molecular formula is C19H14FN5O. The van der Waals surface area contributed by atoms with E-state index < -0.39 is 11.7 Å². The zero-order chi connectivity index (χ0) is 18.1. The summed E-state index contributed by atoms with van der Waals surface area (Å²) in [5.74, 6) is -1.00. The fraction of sp³-hybridized carbons (Fsp3) is 0. The molecule has 2 aromatic heterocycles. The van der Waals surface area contributed by atoms with Gasteiger partial charge in [-0.25, -0.2) is 4.39 Å². The van der Waals surface area contributed by atoms with Gasteiger partial charge in [-0.3, -0.25) is 14.9 Å². The molecule has 128 valence electrons. The van der Waals surface area contributed by atoms with Crippen LogP contribution in [0, 0.1) is 5.82 Å². The maximum absolute atomic E-state index is 13.8. The van der Waals surface area contributed by atoms with Gasteiger partial charge >= 0.3 is 0 Å². The lowest BCUT2D eigenvalue weighted by molar-refractivity contribution is 0.102. The number of H-pyrrole nitrogens is 1. The summed E-state index contributed by atoms with van der Waals surface area (Å²) in [5, 5.41) is 10.1. The number of nitrogens with one attached hydrogen (secondary N) is 2. The van der Waals surface area contributed by atoms with E-state index in [0.717, 1.165) is 11.1 Å². The van der Waals surface area contributed by atoms with E-state index in [-0.39, 0.29) is 11.4 Å². The van der Waals surface area contributed by atoms with Crippen LogP contribution in [0.2, 0.25) is 0 Å². The van der Waals surface area contributed by atoms with Crippen molar-refractivity contribution in [2.45, 2.75) is 0 Å². The average molecular weight is 347 g/mol. The normalized spacial score (nSPS) is 10.8. The van der Waals surface area contributed by atoms with E-state index in [4.69, 9.17) is 5.73 Å². The van der Waals surface area contributed by atoms with Crippen molar-refractivity contribution in [3.63, 3.8) is 0 Å². The van der Waals surface area contributed by atoms with Gasteiger partial charge in [-0.1, -0.05) is 18.2 Å². The van der Waals surface area contributed by atoms with Gasteiger partial charge in [0.2, 0.25) is 0 Å². The number of benzene rings is 2. The van der Waals surface area contributed by atoms with E-state index in [2.05, 4.69) is 20.5 Å². The molecule has 4 aromatic rings. The van der Waals surface area contributed by atoms with Gasteiger partial charge < -0.3 is 11.1 Å². The summed E-state index contributed by atoms with van der Waals surface area (Å²) >= 11 is 0. The third-order valence-corrected chi connectivity index (χ3v) is 3.99. The molecular weight excluding hydrogens is 333 g/mol. The molecule has 0 aliphatic heterocycles. The quantitative estimate of drug-likeness (QED) is 0.527. The van der Waals surface area contributed by atoms with Crippen LogP contribution in [-0.2, 0) is 0 Å². The second kappa shape index (κ2) is 6.29. The summed E-state index contributed by atoms with van der Waals surface area (Å²) in [6.45, 7) is 0. The van der Waals surface area contributed by atoms with E-state index in [9.17, 15) is 9.18 Å². The van der Waals surface area contributed by atoms with Crippen LogP contribution in [-0.4, -0.2) is 21.1 Å². The summed E-state index contributed by atoms with van der Waals surface area (Å²) in [4.78, 5) is 16.6. The number of aromatic nitrogens is 3. The number of para-hydroxylation sites is 1. The first-order valence-electron chi connectivity index (χ1n) is 7.87. The number of hydrogen-bond acceptors (Lipinski definition) is 4. The van der Waals surface area contributed by atoms with Gasteiger partial charge in [0.25, 0.3) is 5.91 Å². The first-order chi connectivity index (χ1) is 12.6. The van der Waals surface area contributed by atoms with Crippen molar-refractivity contribution in [3.05, 3.63) is 72.4 Å². The Balaban J connectivity index is 1.73. The number of carbonyl (C=O) groups excluding carboxylic acids is 1. The van der Waals surface area contributed by atoms with Crippen LogP contribution in [0.25, 0.3) is 22.0 Å². The van der Waals surface area contributed by atoms with Crippen molar-refractivity contribution >= 4 is 28.2 Å². The van der Waals surface area contributed by atoms with E-state index in [0.29, 0.717) is 16.6 Å². The van der Waals surface area contributed by atoms with Crippen molar-refractivity contribution in [1.82, 2.24) is 15.2 Å². The van der Waals surface area contributed by atoms with Crippen LogP contribution in [0.15, 0.2) is 60.9 Å². The van der Waals surface area contributed by atoms with Crippen LogP contribution in [0.3, 0.4) is 0 Å². The molecule has 0 fully saturated rings. The molecule has 1 amide bonds. The Kier molecular flexibility index (Phi) is 3.81. The minimum Gasteiger partial charge on any atom is -0.397 e. The molecule has 0 atom stereocenters. The van der Waals surface area contributed by atoms with Crippen LogP contribution in [0.4, 0.5) is 15.8 Å². The SMILES string of the molecule is Nc1cncc(-c2ccc3[nH]nc(C(=O)Nc4ccccc4F)c3c2)c1. The Morgan fingerprint density at radius 1 is 1.08 bits per heavy atom. The van der Waals surface area contributed by atoms with Gasteiger partial charge in [0, 0.05) is 23.3 Å². The molecule has 4 N–H and O–H groups in total. The predicted molar refractivity (Wildman–Crippen MR) is 98.1 cm³/mol. The number of anilines is 2. The van der Waals surface area contributed by atoms with Gasteiger partial charge in [-0.2, -0.15) is 5.10 Å². The third-order valence-electron chi connectivity index (χ3n) is 3.99. The zero-order valence-electron chi connectivity index (χ0n) is 13.5. The van der Waals surface area contributed by atoms with Gasteiger partial charge in [0.05, 0.1) is 16.9 Å². The molecule has 26 heavy (non-hydrogen) atoms. The maximum Gasteiger partial charge on any atom is 0.276 e. The summed E-state index contributed by atoms with van der Waals surface area (Å²) in [6, 6.07) is 13.3. The van der Waals surface area contributed by atoms with Crippen LogP contribution >= 0.6 is 0 Å². The maximum atomic E-state index is 13.8. The van der Waals surface area contributed by atoms with E-state index in [1.807, 2.05) is 18.2 Å². The lowest BCUT2D eigenvalue weighted by Gasteiger charge is -2.05. The van der Waals surface area contributed by atoms with E-state index in [1.54, 1.807) is 30.6 Å². The molecule has 0 bridgehead atoms. The topological polar surface area (TPSA) is 96.7 Å². The number of amides is 1. The molecule has 0 saturated carbocycles. The molecule has 4 rings (SSSR count). The van der Waals surface area contributed by atoms with Crippen molar-refractivity contribution in [3.8, 4) is 11.1 Å². The van der Waals surface area contributed by atoms with Gasteiger partial charge in [-0.05, 0) is 35.9 Å². The van der Waals surface area contributed by atoms with E-state index >= 15 is 0 Å². The largest absolute Gasteiger partial charge is 0.397 e. The number of fused-ring (bicyclic) bond motifs is 1. The molecule has 0 radical (unpaired) electrons. The Hall–Kier alpha value is -3.74. The Morgan fingerprint density at radius 2 is 1.92 bits per heavy atom. The highest BCUT2D eigenvalue weighted by atomic mass is 19.1. The smallest absolute Gasteiger partial charge is 0.276 e. The number of nitrogens with two attached hydrogens (primary N) is 1. The Bertz CT molecular complexity index is 1120. The van der Waals surface area contributed by atoms with Crippen molar-refractivity contribution in [2.75, 3.05) is 11.1 Å². The van der Waals surface area contributed by atoms with Gasteiger partial charge in [0.1, 0.15) is 5.82 Å². The fourth-order valence-electron chi connectivity index (χ4n) is 2.73. The molecule has 0 aliphatic carbocycles. The summed E-state index contributed by atoms with van der Waals surface area (Å²) < 4.78 is 13.8. The molecule has 0 saturated heterocycles. The van der Waals surface area contributed by atoms with Crippen molar-refractivity contribution in [2.24, 2.45) is 0 Å². The summed E-state index contributed by atoms with van der Waals surface area (Å²) in [6.07, 6.45) is 3.25. The monoisotopic (exact) mass is 347 g/mol. The number of nitrogen functional groups attached to an aromatic ring is 1. The third kappa shape index (κ3) is 2.86. The highest BCUT2D eigenvalue weighted by Crippen LogP contribution is 2.26. The lowest BCUT2D eigenvalue weighted by Crippen LogP contribution is -2.13. The molecule has 6 nitrogen and oxygen atoms in total. The molecule has 2 heterocycles. The molecule has 0 spiro atoms. The zero-order valence-corrected chi connectivity index (χ0v) is 13.5. The number of halogens is 1. The number of carbonyl (C=O) groups is 1. The van der Waals surface area contributed by atoms with Crippen LogP contribution < -0.4 is 11.1 Å². The van der Waals surface area contributed by atoms with Crippen LogP contribution in [0.1, 0.15) is 10.5 Å². The number of pyridine rings is 1. The molecule has 0 unspecified atom stereocenters. The van der Waals surface area contributed by atoms with Crippen molar-refractivity contribution < 1.29 is 9.18 Å². The fourth-order valence-corrected chi connectivity index (χ4v) is 2.73. The van der Waals surface area contributed by atoms with E-state index in [1.165, 1.54) is 12.1 Å². The van der Waals surface area contributed by atoms with Gasteiger partial charge in [-0.15, -0.1) is 0 Å². The number of aromatic amines is 1. The number of nitrogens with zero attached hydrogens (tertiary/aromatic N) is 2. The molecule has 7 heteroatoms. The number of rotatable bonds is 3. The summed E-state index contributed by atoms with van der Waals surface area (Å²) in [5.41, 5.74) is 8.99. The first-order valence-corrected chi connectivity index (χ1v) is 7.87. The lowest BCUT2D eigenvalue weighted by atomic mass is 10.0. The van der Waals surface area contributed by atoms with Crippen LogP contribution in [0.5, 0.6) is 0 Å². The predicted octanol–water partition coefficient (Wildman–Crippen LogP) is 3.60. The van der Waals surface area contributed by atoms with Gasteiger partial charge in [0.15, 0.2) is 5.69 Å². The Morgan fingerprint density at radius 3 is 2.73 bits per heavy atom. The molecule has 0 aliphatic rings. The minimum atomic E-state index is -0.507. The summed E-state index contributed by atoms with van der Waals surface area (Å²) in [7, 11) is 0. The van der Waals surface area contributed by atoms with Crippen molar-refractivity contribution in [1.29, 1.82) is 0 Å². The highest BCUT2D eigenvalue weighted by molar-refractivity contribution is 6.11. The second-order valence-electron chi connectivity index (χ2n) is 5.77.